The van der Waals surface area contributed by atoms with Crippen molar-refractivity contribution in [3.05, 3.63) is 193 Å². The fourth-order valence-corrected chi connectivity index (χ4v) is 8.88. The quantitative estimate of drug-likeness (QED) is 0.178. The molecule has 0 saturated carbocycles. The number of benzene rings is 8. The molecule has 0 unspecified atom stereocenters. The fourth-order valence-electron chi connectivity index (χ4n) is 8.88. The summed E-state index contributed by atoms with van der Waals surface area (Å²) in [7, 11) is 0. The van der Waals surface area contributed by atoms with E-state index in [4.69, 9.17) is 14.4 Å². The van der Waals surface area contributed by atoms with Crippen molar-refractivity contribution in [1.82, 2.24) is 9.97 Å². The van der Waals surface area contributed by atoms with Gasteiger partial charge in [0.1, 0.15) is 11.2 Å². The zero-order chi connectivity index (χ0) is 37.4. The summed E-state index contributed by atoms with van der Waals surface area (Å²) >= 11 is 0. The van der Waals surface area contributed by atoms with Crippen molar-refractivity contribution in [1.29, 1.82) is 0 Å². The Morgan fingerprint density at radius 2 is 0.982 bits per heavy atom. The van der Waals surface area contributed by atoms with Crippen molar-refractivity contribution in [3.63, 3.8) is 0 Å². The molecule has 10 aromatic rings. The van der Waals surface area contributed by atoms with Gasteiger partial charge < -0.3 is 4.42 Å². The van der Waals surface area contributed by atoms with E-state index in [9.17, 15) is 0 Å². The summed E-state index contributed by atoms with van der Waals surface area (Å²) in [5.41, 5.74) is 16.8. The number of nitrogens with zero attached hydrogens (tertiary/aromatic N) is 2. The van der Waals surface area contributed by atoms with Gasteiger partial charge in [0.25, 0.3) is 0 Å². The maximum atomic E-state index is 6.16. The van der Waals surface area contributed by atoms with Gasteiger partial charge in [-0.25, -0.2) is 9.97 Å². The average molecular weight is 717 g/mol. The lowest BCUT2D eigenvalue weighted by Gasteiger charge is -2.21. The first-order valence-corrected chi connectivity index (χ1v) is 19.2. The lowest BCUT2D eigenvalue weighted by molar-refractivity contribution is 0.660. The molecule has 0 fully saturated rings. The molecule has 3 heteroatoms. The molecule has 2 heterocycles. The molecular weight excluding hydrogens is 681 g/mol. The number of furan rings is 1. The maximum Gasteiger partial charge on any atom is 0.160 e. The number of hydrogen-bond donors (Lipinski definition) is 0. The summed E-state index contributed by atoms with van der Waals surface area (Å²) in [4.78, 5) is 10.4. The molecule has 264 valence electrons. The molecular formula is C53H36N2O. The lowest BCUT2D eigenvalue weighted by atomic mass is 9.82. The van der Waals surface area contributed by atoms with Gasteiger partial charge in [0.15, 0.2) is 5.82 Å². The third kappa shape index (κ3) is 5.12. The van der Waals surface area contributed by atoms with Gasteiger partial charge >= 0.3 is 0 Å². The minimum atomic E-state index is -0.0123. The van der Waals surface area contributed by atoms with Gasteiger partial charge in [0, 0.05) is 32.9 Å². The Hall–Kier alpha value is -7.10. The van der Waals surface area contributed by atoms with Crippen molar-refractivity contribution in [3.8, 4) is 67.3 Å². The second-order valence-corrected chi connectivity index (χ2v) is 15.4. The average Bonchev–Trinajstić information content (AvgIpc) is 3.74. The van der Waals surface area contributed by atoms with Crippen molar-refractivity contribution < 1.29 is 4.42 Å². The molecule has 0 N–H and O–H groups in total. The number of hydrogen-bond acceptors (Lipinski definition) is 3. The van der Waals surface area contributed by atoms with Crippen LogP contribution in [-0.4, -0.2) is 9.97 Å². The van der Waals surface area contributed by atoms with E-state index in [1.165, 1.54) is 49.9 Å². The molecule has 0 saturated heterocycles. The van der Waals surface area contributed by atoms with E-state index in [1.807, 2.05) is 30.3 Å². The van der Waals surface area contributed by atoms with Gasteiger partial charge in [-0.05, 0) is 97.7 Å². The zero-order valence-electron chi connectivity index (χ0n) is 31.1. The van der Waals surface area contributed by atoms with Crippen molar-refractivity contribution in [2.45, 2.75) is 19.3 Å². The highest BCUT2D eigenvalue weighted by Crippen LogP contribution is 2.49. The number of para-hydroxylation sites is 1. The Morgan fingerprint density at radius 3 is 1.86 bits per heavy atom. The third-order valence-electron chi connectivity index (χ3n) is 11.7. The lowest BCUT2D eigenvalue weighted by Crippen LogP contribution is -2.14. The molecule has 56 heavy (non-hydrogen) atoms. The first-order valence-electron chi connectivity index (χ1n) is 19.2. The van der Waals surface area contributed by atoms with Crippen LogP contribution < -0.4 is 0 Å². The Balaban J connectivity index is 1.04. The van der Waals surface area contributed by atoms with Crippen LogP contribution in [0, 0.1) is 0 Å². The predicted molar refractivity (Wildman–Crippen MR) is 232 cm³/mol. The Labute approximate surface area is 325 Å². The van der Waals surface area contributed by atoms with Crippen LogP contribution in [0.15, 0.2) is 186 Å². The second kappa shape index (κ2) is 12.5. The summed E-state index contributed by atoms with van der Waals surface area (Å²) in [6, 6.07) is 64.9. The van der Waals surface area contributed by atoms with Gasteiger partial charge in [-0.15, -0.1) is 0 Å². The molecule has 0 atom stereocenters. The summed E-state index contributed by atoms with van der Waals surface area (Å²) in [5.74, 6) is 0.691. The van der Waals surface area contributed by atoms with Crippen LogP contribution >= 0.6 is 0 Å². The monoisotopic (exact) mass is 716 g/mol. The largest absolute Gasteiger partial charge is 0.456 e. The number of fused-ring (bicyclic) bond motifs is 7. The smallest absolute Gasteiger partial charge is 0.160 e. The Bertz CT molecular complexity index is 3170. The summed E-state index contributed by atoms with van der Waals surface area (Å²) < 4.78 is 6.16. The molecule has 11 rings (SSSR count). The van der Waals surface area contributed by atoms with Crippen LogP contribution in [0.2, 0.25) is 0 Å². The van der Waals surface area contributed by atoms with Gasteiger partial charge in [-0.2, -0.15) is 0 Å². The van der Waals surface area contributed by atoms with Crippen LogP contribution in [-0.2, 0) is 5.41 Å². The minimum absolute atomic E-state index is 0.0123. The van der Waals surface area contributed by atoms with E-state index >= 15 is 0 Å². The first-order chi connectivity index (χ1) is 27.5. The van der Waals surface area contributed by atoms with E-state index in [1.54, 1.807) is 0 Å². The normalized spacial score (nSPS) is 13.0. The van der Waals surface area contributed by atoms with Gasteiger partial charge in [-0.3, -0.25) is 0 Å². The SMILES string of the molecule is CC1(C)c2ccccc2-c2cc(-c3cccc(-c4ccc(-c5cc(-c6ccc7oc8ccccc8c7c6)nc(-c6ccccc6)n5)c5ccccc45)c3)ccc21. The molecule has 0 aliphatic heterocycles. The van der Waals surface area contributed by atoms with E-state index in [0.29, 0.717) is 5.82 Å². The van der Waals surface area contributed by atoms with E-state index < -0.39 is 0 Å². The highest BCUT2D eigenvalue weighted by Gasteiger charge is 2.35. The van der Waals surface area contributed by atoms with E-state index in [0.717, 1.165) is 55.4 Å². The van der Waals surface area contributed by atoms with E-state index in [2.05, 4.69) is 166 Å². The standard InChI is InChI=1S/C53H36N2O/c1-53(2)46-21-10-8-19-41(46)44-30-35(23-27-47(44)53)34-15-12-16-36(29-34)38-25-26-42(40-18-7-6-17-39(38)40)49-32-48(54-52(55-49)33-13-4-3-5-14-33)37-24-28-51-45(31-37)43-20-9-11-22-50(43)56-51/h3-32H,1-2H3. The summed E-state index contributed by atoms with van der Waals surface area (Å²) in [5, 5.41) is 4.49. The molecule has 0 radical (unpaired) electrons. The van der Waals surface area contributed by atoms with Crippen LogP contribution in [0.1, 0.15) is 25.0 Å². The van der Waals surface area contributed by atoms with Gasteiger partial charge in [0.05, 0.1) is 11.4 Å². The predicted octanol–water partition coefficient (Wildman–Crippen LogP) is 14.2. The van der Waals surface area contributed by atoms with Crippen LogP contribution in [0.3, 0.4) is 0 Å². The maximum absolute atomic E-state index is 6.16. The van der Waals surface area contributed by atoms with Gasteiger partial charge in [-0.1, -0.05) is 153 Å². The first kappa shape index (κ1) is 32.3. The number of aromatic nitrogens is 2. The minimum Gasteiger partial charge on any atom is -0.456 e. The second-order valence-electron chi connectivity index (χ2n) is 15.4. The summed E-state index contributed by atoms with van der Waals surface area (Å²) in [6.07, 6.45) is 0. The molecule has 1 aliphatic carbocycles. The third-order valence-corrected chi connectivity index (χ3v) is 11.7. The van der Waals surface area contributed by atoms with E-state index in [-0.39, 0.29) is 5.41 Å². The molecule has 8 aromatic carbocycles. The number of rotatable bonds is 5. The topological polar surface area (TPSA) is 38.9 Å². The molecule has 3 nitrogen and oxygen atoms in total. The Kier molecular flexibility index (Phi) is 7.20. The van der Waals surface area contributed by atoms with Crippen LogP contribution in [0.4, 0.5) is 0 Å². The van der Waals surface area contributed by atoms with Crippen molar-refractivity contribution >= 4 is 32.7 Å². The highest BCUT2D eigenvalue weighted by molar-refractivity contribution is 6.07. The molecule has 1 aliphatic rings. The fraction of sp³-hybridized carbons (Fsp3) is 0.0566. The van der Waals surface area contributed by atoms with Crippen LogP contribution in [0.5, 0.6) is 0 Å². The molecule has 0 spiro atoms. The molecule has 2 aromatic heterocycles. The summed E-state index contributed by atoms with van der Waals surface area (Å²) in [6.45, 7) is 4.66. The molecule has 0 bridgehead atoms. The zero-order valence-corrected chi connectivity index (χ0v) is 31.1. The van der Waals surface area contributed by atoms with Crippen molar-refractivity contribution in [2.24, 2.45) is 0 Å². The van der Waals surface area contributed by atoms with Crippen LogP contribution in [0.25, 0.3) is 100.0 Å². The van der Waals surface area contributed by atoms with Crippen molar-refractivity contribution in [2.75, 3.05) is 0 Å². The highest BCUT2D eigenvalue weighted by atomic mass is 16.3. The Morgan fingerprint density at radius 1 is 0.357 bits per heavy atom. The van der Waals surface area contributed by atoms with Gasteiger partial charge in [0.2, 0.25) is 0 Å². The molecule has 0 amide bonds.